The van der Waals surface area contributed by atoms with E-state index >= 15 is 0 Å². The van der Waals surface area contributed by atoms with Crippen LogP contribution in [0, 0.1) is 5.92 Å². The Bertz CT molecular complexity index is 483. The molecule has 1 aromatic heterocycles. The molecule has 0 aromatic carbocycles. The Hall–Kier alpha value is -1.50. The minimum Gasteiger partial charge on any atom is -0.481 e. The molecule has 1 aliphatic heterocycles. The van der Waals surface area contributed by atoms with Gasteiger partial charge in [0.1, 0.15) is 5.01 Å². The van der Waals surface area contributed by atoms with Crippen LogP contribution >= 0.6 is 11.3 Å². The molecule has 90 valence electrons. The quantitative estimate of drug-likeness (QED) is 0.863. The van der Waals surface area contributed by atoms with Crippen molar-refractivity contribution in [3.05, 3.63) is 5.01 Å². The minimum atomic E-state index is -0.923. The number of anilines is 1. The molecule has 1 aliphatic carbocycles. The minimum absolute atomic E-state index is 0.0632. The van der Waals surface area contributed by atoms with Gasteiger partial charge in [0, 0.05) is 18.9 Å². The lowest BCUT2D eigenvalue weighted by molar-refractivity contribution is -0.141. The maximum Gasteiger partial charge on any atom is 0.308 e. The first-order chi connectivity index (χ1) is 8.15. The van der Waals surface area contributed by atoms with Crippen LogP contribution < -0.4 is 4.90 Å². The Balaban J connectivity index is 1.78. The number of aliphatic carboxylic acids is 1. The third-order valence-electron chi connectivity index (χ3n) is 3.06. The second kappa shape index (κ2) is 3.76. The molecule has 2 fully saturated rings. The summed E-state index contributed by atoms with van der Waals surface area (Å²) in [7, 11) is 0. The van der Waals surface area contributed by atoms with Gasteiger partial charge >= 0.3 is 5.97 Å². The van der Waals surface area contributed by atoms with Gasteiger partial charge in [-0.15, -0.1) is 10.2 Å². The third-order valence-corrected chi connectivity index (χ3v) is 4.17. The Labute approximate surface area is 101 Å². The summed E-state index contributed by atoms with van der Waals surface area (Å²) in [5.41, 5.74) is 0. The Morgan fingerprint density at radius 1 is 1.41 bits per heavy atom. The Kier molecular flexibility index (Phi) is 2.36. The lowest BCUT2D eigenvalue weighted by Crippen LogP contribution is -2.25. The van der Waals surface area contributed by atoms with Gasteiger partial charge in [-0.3, -0.25) is 14.5 Å². The van der Waals surface area contributed by atoms with Crippen molar-refractivity contribution in [3.63, 3.8) is 0 Å². The van der Waals surface area contributed by atoms with Crippen molar-refractivity contribution in [1.29, 1.82) is 0 Å². The molecule has 1 atom stereocenters. The first kappa shape index (κ1) is 10.6. The van der Waals surface area contributed by atoms with E-state index in [1.54, 1.807) is 0 Å². The zero-order valence-electron chi connectivity index (χ0n) is 9.00. The summed E-state index contributed by atoms with van der Waals surface area (Å²) >= 11 is 1.41. The average Bonchev–Trinajstić information content (AvgIpc) is 2.88. The van der Waals surface area contributed by atoms with Crippen molar-refractivity contribution >= 4 is 28.3 Å². The van der Waals surface area contributed by atoms with Crippen LogP contribution in [-0.2, 0) is 9.59 Å². The van der Waals surface area contributed by atoms with Gasteiger partial charge in [-0.25, -0.2) is 0 Å². The van der Waals surface area contributed by atoms with Crippen LogP contribution in [0.25, 0.3) is 0 Å². The zero-order valence-corrected chi connectivity index (χ0v) is 9.81. The van der Waals surface area contributed by atoms with E-state index < -0.39 is 11.9 Å². The van der Waals surface area contributed by atoms with E-state index in [0.717, 1.165) is 17.8 Å². The zero-order chi connectivity index (χ0) is 12.0. The van der Waals surface area contributed by atoms with E-state index in [2.05, 4.69) is 10.2 Å². The standard InChI is InChI=1S/C10H11N3O3S/c14-7-3-6(9(15)16)4-13(7)10-12-11-8(17-10)5-1-2-5/h5-6H,1-4H2,(H,15,16). The van der Waals surface area contributed by atoms with Gasteiger partial charge in [0.25, 0.3) is 0 Å². The lowest BCUT2D eigenvalue weighted by atomic mass is 10.1. The molecule has 1 unspecified atom stereocenters. The maximum absolute atomic E-state index is 11.7. The van der Waals surface area contributed by atoms with Gasteiger partial charge < -0.3 is 5.11 Å². The van der Waals surface area contributed by atoms with E-state index in [0.29, 0.717) is 11.0 Å². The van der Waals surface area contributed by atoms with Crippen LogP contribution in [0.5, 0.6) is 0 Å². The van der Waals surface area contributed by atoms with Crippen molar-refractivity contribution in [1.82, 2.24) is 10.2 Å². The van der Waals surface area contributed by atoms with Crippen molar-refractivity contribution in [2.75, 3.05) is 11.4 Å². The van der Waals surface area contributed by atoms with E-state index in [9.17, 15) is 9.59 Å². The smallest absolute Gasteiger partial charge is 0.308 e. The van der Waals surface area contributed by atoms with Crippen molar-refractivity contribution in [2.24, 2.45) is 5.92 Å². The second-order valence-electron chi connectivity index (χ2n) is 4.44. The number of amides is 1. The summed E-state index contributed by atoms with van der Waals surface area (Å²) in [5, 5.41) is 18.4. The molecule has 1 saturated heterocycles. The molecule has 1 saturated carbocycles. The molecule has 17 heavy (non-hydrogen) atoms. The Morgan fingerprint density at radius 3 is 2.76 bits per heavy atom. The highest BCUT2D eigenvalue weighted by Gasteiger charge is 2.37. The SMILES string of the molecule is O=C(O)C1CC(=O)N(c2nnc(C3CC3)s2)C1. The summed E-state index contributed by atoms with van der Waals surface area (Å²) in [6.07, 6.45) is 2.34. The molecular weight excluding hydrogens is 242 g/mol. The number of hydrogen-bond acceptors (Lipinski definition) is 5. The normalized spacial score (nSPS) is 24.4. The molecular formula is C10H11N3O3S. The maximum atomic E-state index is 11.7. The predicted octanol–water partition coefficient (Wildman–Crippen LogP) is 0.853. The van der Waals surface area contributed by atoms with E-state index in [-0.39, 0.29) is 18.9 Å². The molecule has 0 spiro atoms. The summed E-state index contributed by atoms with van der Waals surface area (Å²) in [4.78, 5) is 24.0. The van der Waals surface area contributed by atoms with E-state index in [1.165, 1.54) is 16.2 Å². The molecule has 2 aliphatic rings. The highest BCUT2D eigenvalue weighted by Crippen LogP contribution is 2.43. The van der Waals surface area contributed by atoms with E-state index in [4.69, 9.17) is 5.11 Å². The molecule has 7 heteroatoms. The molecule has 6 nitrogen and oxygen atoms in total. The molecule has 0 radical (unpaired) electrons. The third kappa shape index (κ3) is 1.90. The van der Waals surface area contributed by atoms with Crippen molar-refractivity contribution in [3.8, 4) is 0 Å². The first-order valence-electron chi connectivity index (χ1n) is 5.51. The second-order valence-corrected chi connectivity index (χ2v) is 5.43. The van der Waals surface area contributed by atoms with Gasteiger partial charge in [-0.1, -0.05) is 11.3 Å². The molecule has 1 amide bonds. The van der Waals surface area contributed by atoms with Crippen LogP contribution in [0.1, 0.15) is 30.2 Å². The monoisotopic (exact) mass is 253 g/mol. The highest BCUT2D eigenvalue weighted by atomic mass is 32.1. The number of aromatic nitrogens is 2. The molecule has 0 bridgehead atoms. The van der Waals surface area contributed by atoms with Crippen LogP contribution in [0.2, 0.25) is 0 Å². The van der Waals surface area contributed by atoms with Crippen LogP contribution in [0.4, 0.5) is 5.13 Å². The van der Waals surface area contributed by atoms with Crippen LogP contribution in [0.15, 0.2) is 0 Å². The summed E-state index contributed by atoms with van der Waals surface area (Å²) in [6.45, 7) is 0.216. The van der Waals surface area contributed by atoms with Crippen molar-refractivity contribution < 1.29 is 14.7 Å². The fourth-order valence-electron chi connectivity index (χ4n) is 1.89. The predicted molar refractivity (Wildman–Crippen MR) is 60.0 cm³/mol. The van der Waals surface area contributed by atoms with Gasteiger partial charge in [-0.05, 0) is 12.8 Å². The highest BCUT2D eigenvalue weighted by molar-refractivity contribution is 7.15. The number of carbonyl (C=O) groups is 2. The number of carboxylic acids is 1. The largest absolute Gasteiger partial charge is 0.481 e. The van der Waals surface area contributed by atoms with Gasteiger partial charge in [-0.2, -0.15) is 0 Å². The lowest BCUT2D eigenvalue weighted by Gasteiger charge is -2.10. The topological polar surface area (TPSA) is 83.4 Å². The fraction of sp³-hybridized carbons (Fsp3) is 0.600. The number of carboxylic acid groups (broad SMARTS) is 1. The number of rotatable bonds is 3. The van der Waals surface area contributed by atoms with Crippen LogP contribution in [-0.4, -0.2) is 33.7 Å². The van der Waals surface area contributed by atoms with Gasteiger partial charge in [0.2, 0.25) is 11.0 Å². The van der Waals surface area contributed by atoms with E-state index in [1.807, 2.05) is 0 Å². The number of nitrogens with zero attached hydrogens (tertiary/aromatic N) is 3. The van der Waals surface area contributed by atoms with Gasteiger partial charge in [0.05, 0.1) is 5.92 Å². The van der Waals surface area contributed by atoms with Gasteiger partial charge in [0.15, 0.2) is 0 Å². The summed E-state index contributed by atoms with van der Waals surface area (Å²) in [5.74, 6) is -1.20. The summed E-state index contributed by atoms with van der Waals surface area (Å²) < 4.78 is 0. The molecule has 2 heterocycles. The summed E-state index contributed by atoms with van der Waals surface area (Å²) in [6, 6.07) is 0. The average molecular weight is 253 g/mol. The van der Waals surface area contributed by atoms with Crippen molar-refractivity contribution in [2.45, 2.75) is 25.2 Å². The fourth-order valence-corrected chi connectivity index (χ4v) is 2.93. The first-order valence-corrected chi connectivity index (χ1v) is 6.33. The molecule has 1 N–H and O–H groups in total. The molecule has 1 aromatic rings. The number of carbonyl (C=O) groups excluding carboxylic acids is 1. The van der Waals surface area contributed by atoms with Crippen LogP contribution in [0.3, 0.4) is 0 Å². The Morgan fingerprint density at radius 2 is 2.18 bits per heavy atom. The molecule has 3 rings (SSSR count). The number of hydrogen-bond donors (Lipinski definition) is 1.